The van der Waals surface area contributed by atoms with Crippen molar-refractivity contribution >= 4 is 11.6 Å². The summed E-state index contributed by atoms with van der Waals surface area (Å²) in [5.41, 5.74) is 4.11. The minimum absolute atomic E-state index is 0.0303. The largest absolute Gasteiger partial charge is 0.490 e. The lowest BCUT2D eigenvalue weighted by atomic mass is 10.2. The number of hydrogen-bond donors (Lipinski definition) is 1. The first-order valence-electron chi connectivity index (χ1n) is 6.80. The molecule has 0 bridgehead atoms. The lowest BCUT2D eigenvalue weighted by Gasteiger charge is -2.17. The number of aromatic nitrogens is 3. The summed E-state index contributed by atoms with van der Waals surface area (Å²) in [7, 11) is 0. The number of benzene rings is 1. The van der Waals surface area contributed by atoms with Crippen molar-refractivity contribution in [3.05, 3.63) is 35.4 Å². The Morgan fingerprint density at radius 3 is 2.62 bits per heavy atom. The van der Waals surface area contributed by atoms with E-state index in [1.807, 2.05) is 32.9 Å². The fourth-order valence-corrected chi connectivity index (χ4v) is 2.08. The predicted molar refractivity (Wildman–Crippen MR) is 81.5 cm³/mol. The monoisotopic (exact) mass is 310 g/mol. The summed E-state index contributed by atoms with van der Waals surface area (Å²) in [4.78, 5) is 0. The first kappa shape index (κ1) is 15.4. The Labute approximate surface area is 129 Å². The third-order valence-electron chi connectivity index (χ3n) is 2.61. The maximum atomic E-state index is 6.31. The van der Waals surface area contributed by atoms with Crippen LogP contribution in [0, 0.1) is 0 Å². The molecule has 0 saturated carbocycles. The first-order valence-corrected chi connectivity index (χ1v) is 7.18. The summed E-state index contributed by atoms with van der Waals surface area (Å²) in [5.74, 6) is 1.24. The van der Waals surface area contributed by atoms with Gasteiger partial charge in [0.1, 0.15) is 12.7 Å². The summed E-state index contributed by atoms with van der Waals surface area (Å²) in [6, 6.07) is 3.78. The third-order valence-corrected chi connectivity index (χ3v) is 2.89. The highest BCUT2D eigenvalue weighted by Crippen LogP contribution is 2.37. The van der Waals surface area contributed by atoms with Crippen molar-refractivity contribution in [1.29, 1.82) is 0 Å². The molecule has 1 aromatic heterocycles. The van der Waals surface area contributed by atoms with Gasteiger partial charge in [-0.25, -0.2) is 4.68 Å². The second kappa shape index (κ2) is 7.17. The van der Waals surface area contributed by atoms with E-state index in [1.165, 1.54) is 0 Å². The Kier molecular flexibility index (Phi) is 5.27. The summed E-state index contributed by atoms with van der Waals surface area (Å²) in [6.45, 7) is 6.95. The third kappa shape index (κ3) is 4.26. The van der Waals surface area contributed by atoms with Gasteiger partial charge in [0.15, 0.2) is 11.5 Å². The van der Waals surface area contributed by atoms with Crippen molar-refractivity contribution < 1.29 is 9.47 Å². The zero-order chi connectivity index (χ0) is 15.2. The molecule has 2 rings (SSSR count). The molecule has 0 spiro atoms. The van der Waals surface area contributed by atoms with Crippen LogP contribution in [0.4, 0.5) is 0 Å². The van der Waals surface area contributed by atoms with Gasteiger partial charge in [-0.3, -0.25) is 0 Å². The Morgan fingerprint density at radius 2 is 2.00 bits per heavy atom. The molecular weight excluding hydrogens is 292 g/mol. The smallest absolute Gasteiger partial charge is 0.180 e. The number of nitrogens with zero attached hydrogens (tertiary/aromatic N) is 3. The zero-order valence-electron chi connectivity index (χ0n) is 12.3. The first-order chi connectivity index (χ1) is 10.1. The van der Waals surface area contributed by atoms with E-state index in [2.05, 4.69) is 15.6 Å². The summed E-state index contributed by atoms with van der Waals surface area (Å²) >= 11 is 6.31. The molecule has 1 aromatic carbocycles. The van der Waals surface area contributed by atoms with Crippen LogP contribution >= 0.6 is 11.6 Å². The molecule has 0 amide bonds. The summed E-state index contributed by atoms with van der Waals surface area (Å²) in [5, 5.41) is 7.99. The normalized spacial score (nSPS) is 10.7. The van der Waals surface area contributed by atoms with Crippen LogP contribution in [-0.2, 0) is 6.54 Å². The van der Waals surface area contributed by atoms with E-state index in [9.17, 15) is 0 Å². The van der Waals surface area contributed by atoms with Gasteiger partial charge in [-0.15, -0.1) is 10.2 Å². The molecule has 0 atom stereocenters. The molecule has 1 N–H and O–H groups in total. The van der Waals surface area contributed by atoms with Crippen molar-refractivity contribution in [3.8, 4) is 11.5 Å². The van der Waals surface area contributed by atoms with E-state index in [0.717, 1.165) is 5.56 Å². The zero-order valence-corrected chi connectivity index (χ0v) is 13.1. The Balaban J connectivity index is 2.18. The Bertz CT molecular complexity index is 573. The number of hydrogen-bond acceptors (Lipinski definition) is 5. The molecule has 6 nitrogen and oxygen atoms in total. The van der Waals surface area contributed by atoms with Crippen LogP contribution in [0.2, 0.25) is 5.02 Å². The molecule has 0 saturated heterocycles. The molecule has 0 radical (unpaired) electrons. The van der Waals surface area contributed by atoms with Gasteiger partial charge in [0.05, 0.1) is 24.3 Å². The average molecular weight is 311 g/mol. The van der Waals surface area contributed by atoms with Crippen molar-refractivity contribution in [3.63, 3.8) is 0 Å². The van der Waals surface area contributed by atoms with Gasteiger partial charge < -0.3 is 14.9 Å². The molecular formula is C14H19ClN4O2. The maximum absolute atomic E-state index is 6.31. The molecule has 0 fully saturated rings. The highest BCUT2D eigenvalue weighted by Gasteiger charge is 2.14. The van der Waals surface area contributed by atoms with Crippen LogP contribution in [0.25, 0.3) is 0 Å². The van der Waals surface area contributed by atoms with Gasteiger partial charge in [-0.05, 0) is 38.5 Å². The summed E-state index contributed by atoms with van der Waals surface area (Å²) in [6.07, 6.45) is 3.20. The lowest BCUT2D eigenvalue weighted by molar-refractivity contribution is 0.224. The van der Waals surface area contributed by atoms with E-state index in [-0.39, 0.29) is 6.10 Å². The van der Waals surface area contributed by atoms with Crippen LogP contribution in [-0.4, -0.2) is 27.6 Å². The lowest BCUT2D eigenvalue weighted by Crippen LogP contribution is -2.13. The Hall–Kier alpha value is -1.95. The van der Waals surface area contributed by atoms with E-state index in [4.69, 9.17) is 21.1 Å². The van der Waals surface area contributed by atoms with Crippen LogP contribution in [0.1, 0.15) is 26.3 Å². The molecule has 2 aromatic rings. The van der Waals surface area contributed by atoms with Crippen molar-refractivity contribution in [2.24, 2.45) is 0 Å². The topological polar surface area (TPSA) is 61.2 Å². The fourth-order valence-electron chi connectivity index (χ4n) is 1.80. The van der Waals surface area contributed by atoms with E-state index < -0.39 is 0 Å². The van der Waals surface area contributed by atoms with Crippen LogP contribution in [0.5, 0.6) is 11.5 Å². The summed E-state index contributed by atoms with van der Waals surface area (Å²) < 4.78 is 13.0. The van der Waals surface area contributed by atoms with E-state index in [1.54, 1.807) is 17.3 Å². The van der Waals surface area contributed by atoms with E-state index in [0.29, 0.717) is 29.7 Å². The molecule has 0 aliphatic rings. The maximum Gasteiger partial charge on any atom is 0.180 e. The van der Waals surface area contributed by atoms with Gasteiger partial charge in [-0.1, -0.05) is 11.6 Å². The minimum atomic E-state index is 0.0303. The van der Waals surface area contributed by atoms with Crippen LogP contribution in [0.3, 0.4) is 0 Å². The SMILES string of the molecule is CCOc1cc(CNn2cnnc2)cc(Cl)c1OC(C)C. The predicted octanol–water partition coefficient (Wildman–Crippen LogP) is 2.86. The highest BCUT2D eigenvalue weighted by molar-refractivity contribution is 6.32. The highest BCUT2D eigenvalue weighted by atomic mass is 35.5. The minimum Gasteiger partial charge on any atom is -0.490 e. The standard InChI is InChI=1S/C14H19ClN4O2/c1-4-20-13-6-11(7-18-19-8-16-17-9-19)5-12(15)14(13)21-10(2)3/h5-6,8-10,18H,4,7H2,1-3H3. The average Bonchev–Trinajstić information content (AvgIpc) is 2.93. The molecule has 114 valence electrons. The van der Waals surface area contributed by atoms with Gasteiger partial charge in [-0.2, -0.15) is 0 Å². The Morgan fingerprint density at radius 1 is 1.29 bits per heavy atom. The van der Waals surface area contributed by atoms with Crippen molar-refractivity contribution in [2.45, 2.75) is 33.4 Å². The van der Waals surface area contributed by atoms with Crippen LogP contribution < -0.4 is 14.9 Å². The molecule has 0 aliphatic heterocycles. The molecule has 1 heterocycles. The second-order valence-corrected chi connectivity index (χ2v) is 5.12. The van der Waals surface area contributed by atoms with Gasteiger partial charge in [0, 0.05) is 0 Å². The van der Waals surface area contributed by atoms with Crippen LogP contribution in [0.15, 0.2) is 24.8 Å². The number of ether oxygens (including phenoxy) is 2. The number of halogens is 1. The molecule has 21 heavy (non-hydrogen) atoms. The van der Waals surface area contributed by atoms with Gasteiger partial charge >= 0.3 is 0 Å². The molecule has 0 aliphatic carbocycles. The number of nitrogens with one attached hydrogen (secondary N) is 1. The van der Waals surface area contributed by atoms with Crippen molar-refractivity contribution in [1.82, 2.24) is 14.9 Å². The quantitative estimate of drug-likeness (QED) is 0.852. The second-order valence-electron chi connectivity index (χ2n) is 4.71. The van der Waals surface area contributed by atoms with Crippen molar-refractivity contribution in [2.75, 3.05) is 12.0 Å². The number of rotatable bonds is 7. The molecule has 7 heteroatoms. The fraction of sp³-hybridized carbons (Fsp3) is 0.429. The van der Waals surface area contributed by atoms with Gasteiger partial charge in [0.25, 0.3) is 0 Å². The van der Waals surface area contributed by atoms with E-state index >= 15 is 0 Å². The van der Waals surface area contributed by atoms with Gasteiger partial charge in [0.2, 0.25) is 0 Å². The molecule has 0 unspecified atom stereocenters.